The Bertz CT molecular complexity index is 749. The molecule has 0 bridgehead atoms. The van der Waals surface area contributed by atoms with Crippen molar-refractivity contribution in [3.63, 3.8) is 0 Å². The predicted molar refractivity (Wildman–Crippen MR) is 103 cm³/mol. The molecule has 3 rings (SSSR count). The standard InChI is InChI=1S/C20H30N4O4/c1-12(2)5-8-20(18(26)21-19(27)22-20)14-6-9-24(10-7-14)17(25)15-11-16(13(3)4)28-23-15/h11-14H,5-10H2,1-4H3,(H2,21,22,26,27). The van der Waals surface area contributed by atoms with E-state index in [0.717, 1.165) is 6.42 Å². The highest BCUT2D eigenvalue weighted by Gasteiger charge is 2.52. The number of aromatic nitrogens is 1. The minimum absolute atomic E-state index is 0.00489. The summed E-state index contributed by atoms with van der Waals surface area (Å²) in [6.07, 6.45) is 2.78. The van der Waals surface area contributed by atoms with Crippen LogP contribution in [0.3, 0.4) is 0 Å². The normalized spacial score (nSPS) is 23.4. The molecule has 2 fully saturated rings. The van der Waals surface area contributed by atoms with Crippen molar-refractivity contribution in [3.05, 3.63) is 17.5 Å². The summed E-state index contributed by atoms with van der Waals surface area (Å²) in [6, 6.07) is 1.28. The maximum absolute atomic E-state index is 12.7. The van der Waals surface area contributed by atoms with Crippen LogP contribution >= 0.6 is 0 Å². The summed E-state index contributed by atoms with van der Waals surface area (Å²) in [5.74, 6) is 0.920. The summed E-state index contributed by atoms with van der Waals surface area (Å²) in [5, 5.41) is 9.22. The van der Waals surface area contributed by atoms with Gasteiger partial charge in [0.15, 0.2) is 5.69 Å². The van der Waals surface area contributed by atoms with Crippen LogP contribution in [0.15, 0.2) is 10.6 Å². The van der Waals surface area contributed by atoms with E-state index in [0.29, 0.717) is 49.7 Å². The molecule has 0 saturated carbocycles. The maximum atomic E-state index is 12.7. The Labute approximate surface area is 165 Å². The molecule has 4 amide bonds. The Morgan fingerprint density at radius 2 is 1.96 bits per heavy atom. The number of hydrogen-bond acceptors (Lipinski definition) is 5. The molecule has 154 valence electrons. The zero-order chi connectivity index (χ0) is 20.5. The third kappa shape index (κ3) is 3.91. The number of piperidine rings is 1. The van der Waals surface area contributed by atoms with Gasteiger partial charge in [-0.3, -0.25) is 14.9 Å². The number of carbonyl (C=O) groups excluding carboxylic acids is 3. The minimum atomic E-state index is -0.866. The molecule has 1 aromatic heterocycles. The molecule has 3 heterocycles. The van der Waals surface area contributed by atoms with Crippen LogP contribution in [-0.2, 0) is 4.79 Å². The number of nitrogens with one attached hydrogen (secondary N) is 2. The molecule has 1 atom stereocenters. The van der Waals surface area contributed by atoms with Gasteiger partial charge in [-0.2, -0.15) is 0 Å². The average molecular weight is 390 g/mol. The molecule has 0 aliphatic carbocycles. The van der Waals surface area contributed by atoms with E-state index in [1.807, 2.05) is 13.8 Å². The zero-order valence-corrected chi connectivity index (χ0v) is 17.1. The molecular weight excluding hydrogens is 360 g/mol. The maximum Gasteiger partial charge on any atom is 0.322 e. The van der Waals surface area contributed by atoms with E-state index in [-0.39, 0.29) is 23.7 Å². The number of likely N-dealkylation sites (tertiary alicyclic amines) is 1. The van der Waals surface area contributed by atoms with Crippen molar-refractivity contribution in [3.8, 4) is 0 Å². The van der Waals surface area contributed by atoms with E-state index in [2.05, 4.69) is 29.6 Å². The molecule has 2 N–H and O–H groups in total. The zero-order valence-electron chi connectivity index (χ0n) is 17.1. The van der Waals surface area contributed by atoms with Crippen LogP contribution in [0.4, 0.5) is 4.79 Å². The Balaban J connectivity index is 1.67. The first-order chi connectivity index (χ1) is 13.2. The van der Waals surface area contributed by atoms with Crippen molar-refractivity contribution >= 4 is 17.8 Å². The molecule has 0 radical (unpaired) electrons. The minimum Gasteiger partial charge on any atom is -0.360 e. The second-order valence-electron chi connectivity index (χ2n) is 8.65. The van der Waals surface area contributed by atoms with Gasteiger partial charge in [0, 0.05) is 25.1 Å². The Kier molecular flexibility index (Phi) is 5.76. The number of nitrogens with zero attached hydrogens (tertiary/aromatic N) is 2. The second-order valence-corrected chi connectivity index (χ2v) is 8.65. The van der Waals surface area contributed by atoms with Gasteiger partial charge in [-0.15, -0.1) is 0 Å². The first-order valence-electron chi connectivity index (χ1n) is 10.1. The quantitative estimate of drug-likeness (QED) is 0.727. The van der Waals surface area contributed by atoms with Gasteiger partial charge in [-0.1, -0.05) is 32.9 Å². The highest BCUT2D eigenvalue weighted by Crippen LogP contribution is 2.35. The van der Waals surface area contributed by atoms with E-state index in [9.17, 15) is 14.4 Å². The first kappa shape index (κ1) is 20.4. The van der Waals surface area contributed by atoms with E-state index in [4.69, 9.17) is 4.52 Å². The SMILES string of the molecule is CC(C)CCC1(C2CCN(C(=O)c3cc(C(C)C)on3)CC2)NC(=O)NC1=O. The largest absolute Gasteiger partial charge is 0.360 e. The molecule has 0 aromatic carbocycles. The van der Waals surface area contributed by atoms with Gasteiger partial charge in [0.1, 0.15) is 11.3 Å². The van der Waals surface area contributed by atoms with Gasteiger partial charge >= 0.3 is 6.03 Å². The van der Waals surface area contributed by atoms with Gasteiger partial charge in [0.2, 0.25) is 0 Å². The van der Waals surface area contributed by atoms with Crippen molar-refractivity contribution < 1.29 is 18.9 Å². The lowest BCUT2D eigenvalue weighted by Crippen LogP contribution is -2.56. The smallest absolute Gasteiger partial charge is 0.322 e. The molecule has 28 heavy (non-hydrogen) atoms. The molecule has 2 saturated heterocycles. The number of amides is 4. The van der Waals surface area contributed by atoms with E-state index in [1.165, 1.54) is 0 Å². The lowest BCUT2D eigenvalue weighted by atomic mass is 9.74. The molecule has 8 heteroatoms. The molecular formula is C20H30N4O4. The van der Waals surface area contributed by atoms with Gasteiger partial charge in [0.25, 0.3) is 11.8 Å². The summed E-state index contributed by atoms with van der Waals surface area (Å²) in [6.45, 7) is 9.23. The van der Waals surface area contributed by atoms with Crippen LogP contribution in [0.25, 0.3) is 0 Å². The first-order valence-corrected chi connectivity index (χ1v) is 10.1. The van der Waals surface area contributed by atoms with Gasteiger partial charge in [-0.25, -0.2) is 4.79 Å². The molecule has 2 aliphatic rings. The van der Waals surface area contributed by atoms with Crippen LogP contribution in [0.5, 0.6) is 0 Å². The number of imide groups is 1. The Morgan fingerprint density at radius 1 is 1.29 bits per heavy atom. The summed E-state index contributed by atoms with van der Waals surface area (Å²) >= 11 is 0. The summed E-state index contributed by atoms with van der Waals surface area (Å²) in [4.78, 5) is 39.0. The molecule has 0 spiro atoms. The topological polar surface area (TPSA) is 105 Å². The fourth-order valence-corrected chi connectivity index (χ4v) is 4.09. The van der Waals surface area contributed by atoms with Crippen molar-refractivity contribution in [2.75, 3.05) is 13.1 Å². The molecule has 2 aliphatic heterocycles. The highest BCUT2D eigenvalue weighted by atomic mass is 16.5. The van der Waals surface area contributed by atoms with Gasteiger partial charge in [-0.05, 0) is 37.5 Å². The number of rotatable bonds is 6. The molecule has 8 nitrogen and oxygen atoms in total. The van der Waals surface area contributed by atoms with Crippen molar-refractivity contribution in [2.45, 2.75) is 64.8 Å². The monoisotopic (exact) mass is 390 g/mol. The highest BCUT2D eigenvalue weighted by molar-refractivity contribution is 6.07. The number of carbonyl (C=O) groups is 3. The fourth-order valence-electron chi connectivity index (χ4n) is 4.09. The van der Waals surface area contributed by atoms with E-state index >= 15 is 0 Å². The third-order valence-electron chi connectivity index (χ3n) is 5.88. The lowest BCUT2D eigenvalue weighted by Gasteiger charge is -2.40. The Hall–Kier alpha value is -2.38. The third-order valence-corrected chi connectivity index (χ3v) is 5.88. The summed E-state index contributed by atoms with van der Waals surface area (Å²) < 4.78 is 5.24. The van der Waals surface area contributed by atoms with E-state index < -0.39 is 11.6 Å². The second kappa shape index (κ2) is 7.93. The van der Waals surface area contributed by atoms with E-state index in [1.54, 1.807) is 11.0 Å². The number of hydrogen-bond donors (Lipinski definition) is 2. The lowest BCUT2D eigenvalue weighted by molar-refractivity contribution is -0.127. The molecule has 1 aromatic rings. The van der Waals surface area contributed by atoms with Crippen molar-refractivity contribution in [2.24, 2.45) is 11.8 Å². The number of urea groups is 1. The van der Waals surface area contributed by atoms with Crippen molar-refractivity contribution in [1.29, 1.82) is 0 Å². The Morgan fingerprint density at radius 3 is 2.46 bits per heavy atom. The van der Waals surface area contributed by atoms with Crippen molar-refractivity contribution in [1.82, 2.24) is 20.7 Å². The molecule has 1 unspecified atom stereocenters. The van der Waals surface area contributed by atoms with Crippen LogP contribution in [0.1, 0.15) is 75.5 Å². The van der Waals surface area contributed by atoms with Gasteiger partial charge in [0.05, 0.1) is 0 Å². The summed E-state index contributed by atoms with van der Waals surface area (Å²) in [7, 11) is 0. The van der Waals surface area contributed by atoms with Crippen LogP contribution in [-0.4, -0.2) is 46.5 Å². The fraction of sp³-hybridized carbons (Fsp3) is 0.700. The van der Waals surface area contributed by atoms with Crippen LogP contribution in [0, 0.1) is 11.8 Å². The van der Waals surface area contributed by atoms with Crippen LogP contribution < -0.4 is 10.6 Å². The summed E-state index contributed by atoms with van der Waals surface area (Å²) in [5.41, 5.74) is -0.543. The van der Waals surface area contributed by atoms with Crippen LogP contribution in [0.2, 0.25) is 0 Å². The predicted octanol–water partition coefficient (Wildman–Crippen LogP) is 2.66. The average Bonchev–Trinajstić information content (AvgIpc) is 3.25. The van der Waals surface area contributed by atoms with Gasteiger partial charge < -0.3 is 14.7 Å².